The maximum atomic E-state index is 6.38. The van der Waals surface area contributed by atoms with Crippen LogP contribution in [0.5, 0.6) is 0 Å². The number of nitrogens with zero attached hydrogens (tertiary/aromatic N) is 1. The number of benzene rings is 5. The van der Waals surface area contributed by atoms with E-state index in [1.807, 2.05) is 18.2 Å². The molecule has 0 amide bonds. The predicted molar refractivity (Wildman–Crippen MR) is 136 cm³/mol. The molecule has 2 heteroatoms. The highest BCUT2D eigenvalue weighted by Gasteiger charge is 2.17. The van der Waals surface area contributed by atoms with Crippen molar-refractivity contribution in [3.05, 3.63) is 121 Å². The highest BCUT2D eigenvalue weighted by Crippen LogP contribution is 2.40. The highest BCUT2D eigenvalue weighted by atomic mass is 15.0. The first-order valence-corrected chi connectivity index (χ1v) is 10.8. The van der Waals surface area contributed by atoms with Gasteiger partial charge in [0.25, 0.3) is 0 Å². The summed E-state index contributed by atoms with van der Waals surface area (Å²) in [6.07, 6.45) is 0. The molecule has 0 saturated heterocycles. The minimum atomic E-state index is 0.786. The number of nitrogens with two attached hydrogens (primary N) is 1. The molecule has 152 valence electrons. The van der Waals surface area contributed by atoms with Gasteiger partial charge >= 0.3 is 0 Å². The molecule has 2 nitrogen and oxygen atoms in total. The Balaban J connectivity index is 1.69. The van der Waals surface area contributed by atoms with Crippen LogP contribution in [0.2, 0.25) is 0 Å². The average molecular weight is 411 g/mol. The predicted octanol–water partition coefficient (Wildman–Crippen LogP) is 7.70. The Morgan fingerprint density at radius 3 is 1.47 bits per heavy atom. The van der Waals surface area contributed by atoms with Crippen LogP contribution in [-0.4, -0.2) is 4.57 Å². The van der Waals surface area contributed by atoms with Crippen molar-refractivity contribution >= 4 is 27.5 Å². The van der Waals surface area contributed by atoms with Crippen LogP contribution in [0.25, 0.3) is 49.7 Å². The van der Waals surface area contributed by atoms with E-state index >= 15 is 0 Å². The lowest BCUT2D eigenvalue weighted by atomic mass is 9.92. The fraction of sp³-hybridized carbons (Fsp3) is 0. The van der Waals surface area contributed by atoms with E-state index in [9.17, 15) is 0 Å². The lowest BCUT2D eigenvalue weighted by Crippen LogP contribution is -1.98. The Morgan fingerprint density at radius 1 is 0.406 bits per heavy atom. The fourth-order valence-corrected chi connectivity index (χ4v) is 4.77. The van der Waals surface area contributed by atoms with E-state index in [0.717, 1.165) is 22.5 Å². The van der Waals surface area contributed by atoms with Crippen LogP contribution in [0.4, 0.5) is 5.69 Å². The van der Waals surface area contributed by atoms with E-state index in [-0.39, 0.29) is 0 Å². The minimum absolute atomic E-state index is 0.786. The lowest BCUT2D eigenvalue weighted by molar-refractivity contribution is 1.18. The number of aromatic nitrogens is 1. The maximum Gasteiger partial charge on any atom is 0.0541 e. The van der Waals surface area contributed by atoms with Crippen molar-refractivity contribution in [2.24, 2.45) is 0 Å². The van der Waals surface area contributed by atoms with E-state index in [0.29, 0.717) is 0 Å². The smallest absolute Gasteiger partial charge is 0.0541 e. The Morgan fingerprint density at radius 2 is 0.844 bits per heavy atom. The minimum Gasteiger partial charge on any atom is -0.398 e. The van der Waals surface area contributed by atoms with Gasteiger partial charge in [-0.25, -0.2) is 0 Å². The average Bonchev–Trinajstić information content (AvgIpc) is 3.19. The molecule has 0 aliphatic carbocycles. The molecule has 0 fully saturated rings. The van der Waals surface area contributed by atoms with Crippen molar-refractivity contribution in [2.75, 3.05) is 5.73 Å². The highest BCUT2D eigenvalue weighted by molar-refractivity contribution is 6.10. The van der Waals surface area contributed by atoms with Gasteiger partial charge < -0.3 is 10.3 Å². The van der Waals surface area contributed by atoms with Gasteiger partial charge in [0.1, 0.15) is 0 Å². The van der Waals surface area contributed by atoms with Gasteiger partial charge in [0.2, 0.25) is 0 Å². The third-order valence-electron chi connectivity index (χ3n) is 6.19. The van der Waals surface area contributed by atoms with Gasteiger partial charge in [-0.1, -0.05) is 97.1 Å². The second-order valence-electron chi connectivity index (χ2n) is 8.02. The van der Waals surface area contributed by atoms with Crippen LogP contribution in [0, 0.1) is 0 Å². The molecule has 32 heavy (non-hydrogen) atoms. The first-order valence-electron chi connectivity index (χ1n) is 10.8. The van der Waals surface area contributed by atoms with E-state index in [2.05, 4.69) is 108 Å². The van der Waals surface area contributed by atoms with Crippen molar-refractivity contribution in [1.29, 1.82) is 0 Å². The Labute approximate surface area is 187 Å². The number of hydrogen-bond acceptors (Lipinski definition) is 1. The molecule has 2 N–H and O–H groups in total. The summed E-state index contributed by atoms with van der Waals surface area (Å²) in [7, 11) is 0. The molecule has 0 aliphatic rings. The summed E-state index contributed by atoms with van der Waals surface area (Å²) in [4.78, 5) is 0. The molecule has 0 unspecified atom stereocenters. The molecule has 0 atom stereocenters. The molecule has 6 rings (SSSR count). The third-order valence-corrected chi connectivity index (χ3v) is 6.19. The summed E-state index contributed by atoms with van der Waals surface area (Å²) in [6, 6.07) is 42.5. The Hall–Kier alpha value is -4.30. The third kappa shape index (κ3) is 2.81. The van der Waals surface area contributed by atoms with E-state index in [1.165, 1.54) is 32.9 Å². The van der Waals surface area contributed by atoms with Crippen LogP contribution in [0.15, 0.2) is 121 Å². The lowest BCUT2D eigenvalue weighted by Gasteiger charge is -2.17. The van der Waals surface area contributed by atoms with Crippen molar-refractivity contribution in [3.63, 3.8) is 0 Å². The number of hydrogen-bond donors (Lipinski definition) is 1. The second-order valence-corrected chi connectivity index (χ2v) is 8.02. The zero-order chi connectivity index (χ0) is 21.5. The summed E-state index contributed by atoms with van der Waals surface area (Å²) < 4.78 is 2.38. The molecule has 0 saturated carbocycles. The second kappa shape index (κ2) is 7.44. The van der Waals surface area contributed by atoms with Crippen LogP contribution in [-0.2, 0) is 0 Å². The zero-order valence-electron chi connectivity index (χ0n) is 17.6. The van der Waals surface area contributed by atoms with Crippen LogP contribution in [0.1, 0.15) is 0 Å². The summed E-state index contributed by atoms with van der Waals surface area (Å²) in [5.41, 5.74) is 15.3. The molecule has 0 spiro atoms. The van der Waals surface area contributed by atoms with Crippen LogP contribution < -0.4 is 5.73 Å². The quantitative estimate of drug-likeness (QED) is 0.298. The van der Waals surface area contributed by atoms with E-state index in [1.54, 1.807) is 0 Å². The van der Waals surface area contributed by atoms with Gasteiger partial charge in [0, 0.05) is 27.6 Å². The number of para-hydroxylation sites is 4. The van der Waals surface area contributed by atoms with Crippen molar-refractivity contribution < 1.29 is 0 Å². The first-order chi connectivity index (χ1) is 15.8. The molecule has 6 aromatic rings. The van der Waals surface area contributed by atoms with Gasteiger partial charge in [-0.05, 0) is 35.4 Å². The number of rotatable bonds is 3. The molecule has 0 radical (unpaired) electrons. The fourth-order valence-electron chi connectivity index (χ4n) is 4.77. The van der Waals surface area contributed by atoms with Crippen LogP contribution in [0.3, 0.4) is 0 Å². The van der Waals surface area contributed by atoms with Gasteiger partial charge in [-0.3, -0.25) is 0 Å². The standard InChI is InChI=1S/C30H22N2/c31-27-17-7-3-13-23(27)21-11-1-2-12-22(21)24-14-4-8-18-28(24)32-29-19-9-5-15-25(29)26-16-6-10-20-30(26)32/h1-20H,31H2. The number of anilines is 1. The molecular weight excluding hydrogens is 388 g/mol. The molecule has 5 aromatic carbocycles. The largest absolute Gasteiger partial charge is 0.398 e. The summed E-state index contributed by atoms with van der Waals surface area (Å²) in [5, 5.41) is 2.52. The summed E-state index contributed by atoms with van der Waals surface area (Å²) in [6.45, 7) is 0. The van der Waals surface area contributed by atoms with Crippen molar-refractivity contribution in [1.82, 2.24) is 4.57 Å². The SMILES string of the molecule is Nc1ccccc1-c1ccccc1-c1ccccc1-n1c2ccccc2c2ccccc21. The summed E-state index contributed by atoms with van der Waals surface area (Å²) in [5.74, 6) is 0. The number of nitrogen functional groups attached to an aromatic ring is 1. The van der Waals surface area contributed by atoms with Gasteiger partial charge in [-0.15, -0.1) is 0 Å². The Bertz CT molecular complexity index is 1540. The maximum absolute atomic E-state index is 6.38. The molecular formula is C30H22N2. The molecule has 0 aliphatic heterocycles. The molecule has 0 bridgehead atoms. The summed E-state index contributed by atoms with van der Waals surface area (Å²) >= 11 is 0. The van der Waals surface area contributed by atoms with Gasteiger partial charge in [0.05, 0.1) is 16.7 Å². The van der Waals surface area contributed by atoms with Gasteiger partial charge in [0.15, 0.2) is 0 Å². The molecule has 1 aromatic heterocycles. The van der Waals surface area contributed by atoms with E-state index < -0.39 is 0 Å². The van der Waals surface area contributed by atoms with Crippen molar-refractivity contribution in [3.8, 4) is 27.9 Å². The first kappa shape index (κ1) is 18.5. The zero-order valence-corrected chi connectivity index (χ0v) is 17.6. The van der Waals surface area contributed by atoms with E-state index in [4.69, 9.17) is 5.73 Å². The monoisotopic (exact) mass is 410 g/mol. The van der Waals surface area contributed by atoms with Crippen LogP contribution >= 0.6 is 0 Å². The Kier molecular flexibility index (Phi) is 4.29. The molecule has 1 heterocycles. The normalized spacial score (nSPS) is 11.2. The number of fused-ring (bicyclic) bond motifs is 3. The van der Waals surface area contributed by atoms with Gasteiger partial charge in [-0.2, -0.15) is 0 Å². The van der Waals surface area contributed by atoms with Crippen molar-refractivity contribution in [2.45, 2.75) is 0 Å². The topological polar surface area (TPSA) is 30.9 Å².